The van der Waals surface area contributed by atoms with E-state index in [0.717, 1.165) is 43.4 Å². The number of likely N-dealkylation sites (N-methyl/N-ethyl adjacent to an activating group) is 1. The van der Waals surface area contributed by atoms with Gasteiger partial charge in [0.15, 0.2) is 11.5 Å². The smallest absolute Gasteiger partial charge is 0.161 e. The maximum Gasteiger partial charge on any atom is 0.161 e. The van der Waals surface area contributed by atoms with Crippen molar-refractivity contribution in [2.75, 3.05) is 13.6 Å². The van der Waals surface area contributed by atoms with Crippen molar-refractivity contribution in [1.29, 1.82) is 0 Å². The Morgan fingerprint density at radius 3 is 2.91 bits per heavy atom. The molecule has 1 aromatic rings. The number of piperidine rings is 1. The molecule has 0 spiro atoms. The van der Waals surface area contributed by atoms with Crippen LogP contribution in [0.3, 0.4) is 0 Å². The second kappa shape index (κ2) is 5.58. The number of phenols is 2. The molecule has 4 nitrogen and oxygen atoms in total. The number of benzene rings is 1. The van der Waals surface area contributed by atoms with Gasteiger partial charge in [0.05, 0.1) is 0 Å². The third-order valence-corrected chi connectivity index (χ3v) is 5.49. The van der Waals surface area contributed by atoms with E-state index in [0.29, 0.717) is 18.9 Å². The van der Waals surface area contributed by atoms with E-state index in [1.165, 1.54) is 0 Å². The highest BCUT2D eigenvalue weighted by Crippen LogP contribution is 2.52. The number of aromatic hydroxyl groups is 2. The van der Waals surface area contributed by atoms with E-state index in [2.05, 4.69) is 11.9 Å². The first-order valence-electron chi connectivity index (χ1n) is 8.23. The van der Waals surface area contributed by atoms with Gasteiger partial charge in [0, 0.05) is 29.9 Å². The molecular formula is C18H25NO3. The number of likely N-dealkylation sites (tertiary alicyclic amines) is 1. The van der Waals surface area contributed by atoms with Crippen LogP contribution in [0.4, 0.5) is 0 Å². The summed E-state index contributed by atoms with van der Waals surface area (Å²) in [6.45, 7) is 2.95. The van der Waals surface area contributed by atoms with Gasteiger partial charge in [-0.1, -0.05) is 13.0 Å². The van der Waals surface area contributed by atoms with Crippen LogP contribution in [-0.2, 0) is 16.6 Å². The van der Waals surface area contributed by atoms with Crippen LogP contribution in [0.15, 0.2) is 12.1 Å². The first kappa shape index (κ1) is 15.3. The van der Waals surface area contributed by atoms with Crippen LogP contribution in [0.1, 0.15) is 50.2 Å². The van der Waals surface area contributed by atoms with Gasteiger partial charge in [-0.15, -0.1) is 0 Å². The van der Waals surface area contributed by atoms with E-state index < -0.39 is 0 Å². The molecule has 1 saturated heterocycles. The molecule has 4 heteroatoms. The van der Waals surface area contributed by atoms with E-state index >= 15 is 0 Å². The van der Waals surface area contributed by atoms with Crippen LogP contribution in [0.5, 0.6) is 11.5 Å². The summed E-state index contributed by atoms with van der Waals surface area (Å²) in [6.07, 6.45) is 4.56. The lowest BCUT2D eigenvalue weighted by molar-refractivity contribution is -0.121. The second-order valence-electron chi connectivity index (χ2n) is 7.01. The predicted molar refractivity (Wildman–Crippen MR) is 85.3 cm³/mol. The van der Waals surface area contributed by atoms with Crippen molar-refractivity contribution >= 4 is 5.78 Å². The van der Waals surface area contributed by atoms with Crippen LogP contribution >= 0.6 is 0 Å². The second-order valence-corrected chi connectivity index (χ2v) is 7.01. The van der Waals surface area contributed by atoms with Crippen molar-refractivity contribution in [3.8, 4) is 11.5 Å². The number of Topliss-reactive ketones (excluding diaryl/α,β-unsaturated/α-hetero) is 1. The zero-order valence-corrected chi connectivity index (χ0v) is 13.4. The molecule has 2 aliphatic rings. The summed E-state index contributed by atoms with van der Waals surface area (Å²) >= 11 is 0. The molecule has 0 saturated carbocycles. The molecule has 0 amide bonds. The normalized spacial score (nSPS) is 27.5. The summed E-state index contributed by atoms with van der Waals surface area (Å²) in [5.74, 6) is 0.185. The standard InChI is InChI=1S/C18H25NO3/c1-3-4-14(20)11-18-7-8-19(2)13(10-18)9-12-5-6-15(21)17(22)16(12)18/h5-6,13,21-22H,3-4,7-11H2,1-2H3. The Balaban J connectivity index is 2.07. The lowest BCUT2D eigenvalue weighted by Gasteiger charge is -2.50. The predicted octanol–water partition coefficient (Wildman–Crippen LogP) is 2.75. The molecule has 2 unspecified atom stereocenters. The minimum Gasteiger partial charge on any atom is -0.504 e. The van der Waals surface area contributed by atoms with Crippen molar-refractivity contribution < 1.29 is 15.0 Å². The molecule has 2 atom stereocenters. The highest BCUT2D eigenvalue weighted by molar-refractivity contribution is 5.80. The SMILES string of the molecule is CCCC(=O)CC12CCN(C)C(Cc3ccc(O)c(O)c31)C2. The summed E-state index contributed by atoms with van der Waals surface area (Å²) in [5, 5.41) is 20.4. The van der Waals surface area contributed by atoms with Crippen LogP contribution in [0, 0.1) is 0 Å². The Morgan fingerprint density at radius 2 is 2.18 bits per heavy atom. The average molecular weight is 303 g/mol. The number of rotatable bonds is 4. The van der Waals surface area contributed by atoms with Gasteiger partial charge in [-0.2, -0.15) is 0 Å². The summed E-state index contributed by atoms with van der Waals surface area (Å²) < 4.78 is 0. The summed E-state index contributed by atoms with van der Waals surface area (Å²) in [6, 6.07) is 3.89. The highest BCUT2D eigenvalue weighted by Gasteiger charge is 2.47. The van der Waals surface area contributed by atoms with Crippen molar-refractivity contribution in [2.24, 2.45) is 0 Å². The number of nitrogens with zero attached hydrogens (tertiary/aromatic N) is 1. The van der Waals surface area contributed by atoms with Gasteiger partial charge < -0.3 is 15.1 Å². The van der Waals surface area contributed by atoms with Crippen molar-refractivity contribution in [3.63, 3.8) is 0 Å². The monoisotopic (exact) mass is 303 g/mol. The number of phenolic OH excluding ortho intramolecular Hbond substituents is 2. The fourth-order valence-corrected chi connectivity index (χ4v) is 4.37. The highest BCUT2D eigenvalue weighted by atomic mass is 16.3. The quantitative estimate of drug-likeness (QED) is 0.840. The molecule has 120 valence electrons. The number of hydrogen-bond acceptors (Lipinski definition) is 4. The number of fused-ring (bicyclic) bond motifs is 4. The van der Waals surface area contributed by atoms with Crippen molar-refractivity contribution in [1.82, 2.24) is 4.90 Å². The largest absolute Gasteiger partial charge is 0.504 e. The minimum atomic E-state index is -0.306. The van der Waals surface area contributed by atoms with Gasteiger partial charge >= 0.3 is 0 Å². The molecule has 1 heterocycles. The average Bonchev–Trinajstić information content (AvgIpc) is 2.47. The van der Waals surface area contributed by atoms with E-state index in [9.17, 15) is 15.0 Å². The fraction of sp³-hybridized carbons (Fsp3) is 0.611. The van der Waals surface area contributed by atoms with Gasteiger partial charge in [0.2, 0.25) is 0 Å². The summed E-state index contributed by atoms with van der Waals surface area (Å²) in [7, 11) is 2.13. The number of carbonyl (C=O) groups excluding carboxylic acids is 1. The third kappa shape index (κ3) is 2.39. The molecule has 1 fully saturated rings. The van der Waals surface area contributed by atoms with Gasteiger partial charge in [-0.3, -0.25) is 4.79 Å². The Morgan fingerprint density at radius 1 is 1.41 bits per heavy atom. The van der Waals surface area contributed by atoms with Crippen LogP contribution < -0.4 is 0 Å². The Labute approximate surface area is 131 Å². The molecule has 22 heavy (non-hydrogen) atoms. The molecule has 2 N–H and O–H groups in total. The molecule has 0 aromatic heterocycles. The lowest BCUT2D eigenvalue weighted by Crippen LogP contribution is -2.52. The molecule has 1 aliphatic heterocycles. The number of hydrogen-bond donors (Lipinski definition) is 2. The van der Waals surface area contributed by atoms with E-state index in [-0.39, 0.29) is 22.7 Å². The van der Waals surface area contributed by atoms with E-state index in [1.807, 2.05) is 13.0 Å². The maximum absolute atomic E-state index is 12.3. The lowest BCUT2D eigenvalue weighted by atomic mass is 9.61. The zero-order valence-electron chi connectivity index (χ0n) is 13.4. The van der Waals surface area contributed by atoms with Gasteiger partial charge in [0.1, 0.15) is 5.78 Å². The van der Waals surface area contributed by atoms with E-state index in [4.69, 9.17) is 0 Å². The van der Waals surface area contributed by atoms with Gasteiger partial charge in [0.25, 0.3) is 0 Å². The zero-order chi connectivity index (χ0) is 15.9. The third-order valence-electron chi connectivity index (χ3n) is 5.49. The molecule has 0 radical (unpaired) electrons. The van der Waals surface area contributed by atoms with E-state index in [1.54, 1.807) is 6.07 Å². The Hall–Kier alpha value is -1.55. The summed E-state index contributed by atoms with van der Waals surface area (Å²) in [4.78, 5) is 14.7. The minimum absolute atomic E-state index is 0.00944. The number of ketones is 1. The molecular weight excluding hydrogens is 278 g/mol. The molecule has 3 rings (SSSR count). The number of carbonyl (C=O) groups is 1. The van der Waals surface area contributed by atoms with Crippen LogP contribution in [0.25, 0.3) is 0 Å². The molecule has 1 aromatic carbocycles. The molecule has 1 aliphatic carbocycles. The maximum atomic E-state index is 12.3. The van der Waals surface area contributed by atoms with Crippen LogP contribution in [0.2, 0.25) is 0 Å². The fourth-order valence-electron chi connectivity index (χ4n) is 4.37. The first-order chi connectivity index (χ1) is 10.5. The molecule has 2 bridgehead atoms. The Bertz CT molecular complexity index is 598. The van der Waals surface area contributed by atoms with Gasteiger partial charge in [-0.25, -0.2) is 0 Å². The van der Waals surface area contributed by atoms with Crippen molar-refractivity contribution in [3.05, 3.63) is 23.3 Å². The van der Waals surface area contributed by atoms with Crippen molar-refractivity contribution in [2.45, 2.75) is 56.9 Å². The Kier molecular flexibility index (Phi) is 3.89. The summed E-state index contributed by atoms with van der Waals surface area (Å²) in [5.41, 5.74) is 1.61. The van der Waals surface area contributed by atoms with Gasteiger partial charge in [-0.05, 0) is 50.9 Å². The topological polar surface area (TPSA) is 60.8 Å². The van der Waals surface area contributed by atoms with Crippen LogP contribution in [-0.4, -0.2) is 40.5 Å². The first-order valence-corrected chi connectivity index (χ1v) is 8.23.